The molecule has 0 spiro atoms. The largest absolute Gasteiger partial charge is 0.478 e. The molecular weight excluding hydrogens is 287 g/mol. The normalized spacial score (nSPS) is 9.89. The maximum atomic E-state index is 11.0. The molecule has 18 heavy (non-hydrogen) atoms. The first-order chi connectivity index (χ1) is 8.25. The minimum Gasteiger partial charge on any atom is -0.478 e. The van der Waals surface area contributed by atoms with E-state index >= 15 is 0 Å². The molecule has 1 aromatic carbocycles. The fraction of sp³-hybridized carbons (Fsp3) is 0. The van der Waals surface area contributed by atoms with Crippen molar-refractivity contribution in [2.24, 2.45) is 0 Å². The van der Waals surface area contributed by atoms with Crippen molar-refractivity contribution in [3.05, 3.63) is 34.4 Å². The minimum absolute atomic E-state index is 0.459. The quantitative estimate of drug-likeness (QED) is 0.819. The van der Waals surface area contributed by atoms with E-state index in [1.807, 2.05) is 0 Å². The summed E-state index contributed by atoms with van der Waals surface area (Å²) in [5.74, 6) is -3.14. The van der Waals surface area contributed by atoms with E-state index < -0.39 is 44.7 Å². The molecule has 0 atom stereocenters. The van der Waals surface area contributed by atoms with Gasteiger partial charge >= 0.3 is 11.9 Å². The third-order valence-corrected chi connectivity index (χ3v) is 2.45. The Morgan fingerprint density at radius 3 is 1.17 bits per heavy atom. The van der Waals surface area contributed by atoms with Crippen LogP contribution in [0.5, 0.6) is 0 Å². The van der Waals surface area contributed by atoms with Gasteiger partial charge in [-0.1, -0.05) is 0 Å². The van der Waals surface area contributed by atoms with Crippen LogP contribution in [0.15, 0.2) is 12.1 Å². The molecule has 0 saturated carbocycles. The second kappa shape index (κ2) is 5.16. The van der Waals surface area contributed by atoms with Gasteiger partial charge in [-0.2, -0.15) is 0 Å². The van der Waals surface area contributed by atoms with Gasteiger partial charge in [0.2, 0.25) is 0 Å². The van der Waals surface area contributed by atoms with Crippen LogP contribution in [0.3, 0.4) is 0 Å². The van der Waals surface area contributed by atoms with Crippen molar-refractivity contribution in [2.45, 2.75) is 0 Å². The van der Waals surface area contributed by atoms with E-state index in [4.69, 9.17) is 33.4 Å². The summed E-state index contributed by atoms with van der Waals surface area (Å²) in [7, 11) is 0. The van der Waals surface area contributed by atoms with E-state index in [1.165, 1.54) is 0 Å². The second-order valence-corrected chi connectivity index (χ2v) is 3.79. The van der Waals surface area contributed by atoms with Crippen molar-refractivity contribution < 1.29 is 29.4 Å². The van der Waals surface area contributed by atoms with Gasteiger partial charge in [0, 0.05) is 11.1 Å². The molecule has 0 aromatic heterocycles. The third-order valence-electron chi connectivity index (χ3n) is 2.04. The molecule has 0 aliphatic rings. The number of benzene rings is 1. The Morgan fingerprint density at radius 2 is 1.00 bits per heavy atom. The van der Waals surface area contributed by atoms with E-state index in [1.54, 1.807) is 0 Å². The van der Waals surface area contributed by atoms with Crippen LogP contribution >= 0.6 is 23.2 Å². The molecule has 6 nitrogen and oxygen atoms in total. The molecule has 1 rings (SSSR count). The molecule has 0 unspecified atom stereocenters. The fourth-order valence-corrected chi connectivity index (χ4v) is 1.59. The minimum atomic E-state index is -1.57. The Balaban J connectivity index is 3.71. The average molecular weight is 291 g/mol. The van der Waals surface area contributed by atoms with Gasteiger partial charge in [0.1, 0.15) is 0 Å². The molecule has 0 saturated heterocycles. The van der Waals surface area contributed by atoms with Crippen LogP contribution in [-0.4, -0.2) is 32.6 Å². The Labute approximate surface area is 110 Å². The van der Waals surface area contributed by atoms with Crippen molar-refractivity contribution >= 4 is 45.6 Å². The Bertz CT molecular complexity index is 480. The summed E-state index contributed by atoms with van der Waals surface area (Å²) in [6.45, 7) is 0. The number of carbonyl (C=O) groups excluding carboxylic acids is 2. The maximum Gasteiger partial charge on any atom is 0.336 e. The third kappa shape index (κ3) is 2.66. The van der Waals surface area contributed by atoms with Gasteiger partial charge < -0.3 is 10.2 Å². The molecule has 0 bridgehead atoms. The Hall–Kier alpha value is -1.92. The van der Waals surface area contributed by atoms with Crippen LogP contribution in [-0.2, 0) is 0 Å². The zero-order chi connectivity index (χ0) is 14.0. The van der Waals surface area contributed by atoms with Gasteiger partial charge in [0.05, 0.1) is 11.1 Å². The van der Waals surface area contributed by atoms with E-state index in [0.29, 0.717) is 12.1 Å². The number of aromatic carboxylic acids is 2. The molecule has 94 valence electrons. The zero-order valence-electron chi connectivity index (χ0n) is 8.44. The lowest BCUT2D eigenvalue weighted by Gasteiger charge is -2.07. The molecule has 0 aliphatic carbocycles. The predicted molar refractivity (Wildman–Crippen MR) is 60.7 cm³/mol. The van der Waals surface area contributed by atoms with Crippen molar-refractivity contribution in [3.63, 3.8) is 0 Å². The highest BCUT2D eigenvalue weighted by atomic mass is 35.5. The second-order valence-electron chi connectivity index (χ2n) is 3.10. The molecule has 0 amide bonds. The fourth-order valence-electron chi connectivity index (χ4n) is 1.28. The van der Waals surface area contributed by atoms with Crippen molar-refractivity contribution in [2.75, 3.05) is 0 Å². The summed E-state index contributed by atoms with van der Waals surface area (Å²) in [5.41, 5.74) is -2.24. The lowest BCUT2D eigenvalue weighted by atomic mass is 9.99. The van der Waals surface area contributed by atoms with E-state index in [0.717, 1.165) is 0 Å². The molecule has 0 heterocycles. The molecule has 2 N–H and O–H groups in total. The molecule has 0 radical (unpaired) electrons. The number of hydrogen-bond acceptors (Lipinski definition) is 4. The van der Waals surface area contributed by atoms with Crippen LogP contribution in [0.2, 0.25) is 0 Å². The highest BCUT2D eigenvalue weighted by Crippen LogP contribution is 2.21. The first kappa shape index (κ1) is 14.1. The summed E-state index contributed by atoms with van der Waals surface area (Å²) in [6.07, 6.45) is 0. The summed E-state index contributed by atoms with van der Waals surface area (Å²) in [4.78, 5) is 43.8. The van der Waals surface area contributed by atoms with E-state index in [-0.39, 0.29) is 0 Å². The maximum absolute atomic E-state index is 11.0. The molecule has 0 fully saturated rings. The molecule has 0 aliphatic heterocycles. The molecule has 1 aromatic rings. The van der Waals surface area contributed by atoms with Crippen LogP contribution in [0.1, 0.15) is 41.4 Å². The highest BCUT2D eigenvalue weighted by molar-refractivity contribution is 6.72. The summed E-state index contributed by atoms with van der Waals surface area (Å²) >= 11 is 10.3. The number of carbonyl (C=O) groups is 4. The first-order valence-corrected chi connectivity index (χ1v) is 5.05. The van der Waals surface area contributed by atoms with Gasteiger partial charge in [-0.3, -0.25) is 9.59 Å². The van der Waals surface area contributed by atoms with Crippen LogP contribution in [0.25, 0.3) is 0 Å². The van der Waals surface area contributed by atoms with Gasteiger partial charge in [-0.15, -0.1) is 0 Å². The smallest absolute Gasteiger partial charge is 0.336 e. The number of carboxylic acid groups (broad SMARTS) is 2. The van der Waals surface area contributed by atoms with Gasteiger partial charge in [-0.25, -0.2) is 9.59 Å². The lowest BCUT2D eigenvalue weighted by molar-refractivity contribution is 0.0651. The monoisotopic (exact) mass is 290 g/mol. The van der Waals surface area contributed by atoms with Gasteiger partial charge in [-0.05, 0) is 35.3 Å². The van der Waals surface area contributed by atoms with Crippen LogP contribution < -0.4 is 0 Å². The summed E-state index contributed by atoms with van der Waals surface area (Å²) in [5, 5.41) is 15.4. The lowest BCUT2D eigenvalue weighted by Crippen LogP contribution is -2.13. The first-order valence-electron chi connectivity index (χ1n) is 4.30. The topological polar surface area (TPSA) is 109 Å². The number of hydrogen-bond donors (Lipinski definition) is 2. The molecule has 8 heteroatoms. The number of carboxylic acids is 2. The molecular formula is C10H4Cl2O6. The number of rotatable bonds is 4. The highest BCUT2D eigenvalue weighted by Gasteiger charge is 2.24. The van der Waals surface area contributed by atoms with Crippen LogP contribution in [0.4, 0.5) is 0 Å². The van der Waals surface area contributed by atoms with Crippen molar-refractivity contribution in [1.82, 2.24) is 0 Å². The average Bonchev–Trinajstić information content (AvgIpc) is 2.26. The van der Waals surface area contributed by atoms with Gasteiger partial charge in [0.25, 0.3) is 10.5 Å². The van der Waals surface area contributed by atoms with Crippen molar-refractivity contribution in [1.29, 1.82) is 0 Å². The Morgan fingerprint density at radius 1 is 0.722 bits per heavy atom. The van der Waals surface area contributed by atoms with E-state index in [9.17, 15) is 19.2 Å². The standard InChI is InChI=1S/C10H4Cl2O6/c11-7(13)3-1-5(9(15)16)6(10(17)18)2-4(3)8(12)14/h1-2H,(H,15,16)(H,17,18). The summed E-state index contributed by atoms with van der Waals surface area (Å²) in [6, 6.07) is 1.41. The summed E-state index contributed by atoms with van der Waals surface area (Å²) < 4.78 is 0. The Kier molecular flexibility index (Phi) is 4.05. The zero-order valence-corrected chi connectivity index (χ0v) is 9.95. The van der Waals surface area contributed by atoms with Gasteiger partial charge in [0.15, 0.2) is 0 Å². The SMILES string of the molecule is O=C(O)c1cc(C(=O)Cl)c(C(=O)Cl)cc1C(=O)O. The van der Waals surface area contributed by atoms with E-state index in [2.05, 4.69) is 0 Å². The predicted octanol–water partition coefficient (Wildman–Crippen LogP) is 1.84. The number of halogens is 2. The van der Waals surface area contributed by atoms with Crippen LogP contribution in [0, 0.1) is 0 Å². The van der Waals surface area contributed by atoms with Crippen molar-refractivity contribution in [3.8, 4) is 0 Å².